The first-order chi connectivity index (χ1) is 11.8. The van der Waals surface area contributed by atoms with Gasteiger partial charge in [0.25, 0.3) is 0 Å². The molecule has 10 heteroatoms. The molecule has 1 fully saturated rings. The van der Waals surface area contributed by atoms with Crippen LogP contribution in [0.2, 0.25) is 0 Å². The summed E-state index contributed by atoms with van der Waals surface area (Å²) < 4.78 is 55.2. The van der Waals surface area contributed by atoms with E-state index >= 15 is 0 Å². The molecule has 0 radical (unpaired) electrons. The van der Waals surface area contributed by atoms with E-state index in [1.807, 2.05) is 7.05 Å². The van der Waals surface area contributed by atoms with Crippen molar-refractivity contribution in [1.29, 1.82) is 0 Å². The molecule has 0 spiro atoms. The predicted molar refractivity (Wildman–Crippen MR) is 104 cm³/mol. The summed E-state index contributed by atoms with van der Waals surface area (Å²) in [4.78, 5) is 0.220. The van der Waals surface area contributed by atoms with Crippen LogP contribution in [-0.4, -0.2) is 65.4 Å². The molecule has 1 aliphatic rings. The summed E-state index contributed by atoms with van der Waals surface area (Å²) >= 11 is 0. The molecule has 0 bridgehead atoms. The van der Waals surface area contributed by atoms with E-state index in [9.17, 15) is 16.8 Å². The van der Waals surface area contributed by atoms with Crippen LogP contribution in [0.15, 0.2) is 29.2 Å². The lowest BCUT2D eigenvalue weighted by atomic mass is 10.1. The van der Waals surface area contributed by atoms with Crippen LogP contribution in [-0.2, 0) is 19.9 Å². The molecule has 1 atom stereocenters. The smallest absolute Gasteiger partial charge is 0.243 e. The first kappa shape index (κ1) is 23.2. The number of hydrogen-bond donors (Lipinski definition) is 1. The number of nitrogens with one attached hydrogen (secondary N) is 1. The Bertz CT molecular complexity index is 766. The fraction of sp³-hybridized carbons (Fsp3) is 0.625. The molecule has 0 amide bonds. The number of halogens is 1. The molecule has 26 heavy (non-hydrogen) atoms. The number of piperidine rings is 1. The molecule has 150 valence electrons. The summed E-state index contributed by atoms with van der Waals surface area (Å²) in [5.74, 6) is 0.483. The van der Waals surface area contributed by atoms with Crippen molar-refractivity contribution in [3.05, 3.63) is 24.3 Å². The molecule has 1 aromatic carbocycles. The van der Waals surface area contributed by atoms with E-state index in [2.05, 4.69) is 5.32 Å². The number of benzene rings is 1. The van der Waals surface area contributed by atoms with E-state index in [0.717, 1.165) is 12.8 Å². The molecule has 1 N–H and O–H groups in total. The average Bonchev–Trinajstić information content (AvgIpc) is 2.62. The van der Waals surface area contributed by atoms with Gasteiger partial charge in [0.1, 0.15) is 12.4 Å². The van der Waals surface area contributed by atoms with Gasteiger partial charge in [-0.1, -0.05) is 6.92 Å². The lowest BCUT2D eigenvalue weighted by Gasteiger charge is -2.31. The van der Waals surface area contributed by atoms with Gasteiger partial charge in [0.2, 0.25) is 10.0 Å². The third-order valence-electron chi connectivity index (χ3n) is 4.36. The zero-order chi connectivity index (χ0) is 18.5. The Morgan fingerprint density at radius 1 is 1.19 bits per heavy atom. The van der Waals surface area contributed by atoms with Gasteiger partial charge in [0, 0.05) is 24.9 Å². The largest absolute Gasteiger partial charge is 0.493 e. The minimum absolute atomic E-state index is 0. The molecule has 1 aliphatic heterocycles. The monoisotopic (exact) mass is 426 g/mol. The Hall–Kier alpha value is -0.870. The van der Waals surface area contributed by atoms with Gasteiger partial charge in [-0.2, -0.15) is 4.31 Å². The van der Waals surface area contributed by atoms with E-state index in [4.69, 9.17) is 4.74 Å². The fourth-order valence-electron chi connectivity index (χ4n) is 2.68. The Morgan fingerprint density at radius 2 is 1.85 bits per heavy atom. The van der Waals surface area contributed by atoms with Gasteiger partial charge >= 0.3 is 0 Å². The van der Waals surface area contributed by atoms with E-state index < -0.39 is 19.9 Å². The molecule has 1 heterocycles. The van der Waals surface area contributed by atoms with E-state index in [1.54, 1.807) is 19.1 Å². The van der Waals surface area contributed by atoms with Gasteiger partial charge < -0.3 is 10.1 Å². The second-order valence-corrected chi connectivity index (χ2v) is 10.5. The molecule has 2 rings (SSSR count). The summed E-state index contributed by atoms with van der Waals surface area (Å²) in [6, 6.07) is 6.30. The standard InChI is InChI=1S/C16H26N2O5S2.ClH/c1-3-24(19,20)12-11-23-15-6-8-16(9-7-15)25(21,22)18-10-4-5-14(13-18)17-2;/h6-9,14,17H,3-5,10-13H2,1-2H3;1H. The second-order valence-electron chi connectivity index (χ2n) is 6.05. The SMILES string of the molecule is CCS(=O)(=O)CCOc1ccc(S(=O)(=O)N2CCCC(NC)C2)cc1.Cl. The molecule has 0 saturated carbocycles. The number of hydrogen-bond acceptors (Lipinski definition) is 6. The van der Waals surface area contributed by atoms with Crippen LogP contribution in [0.4, 0.5) is 0 Å². The quantitative estimate of drug-likeness (QED) is 0.673. The molecule has 1 saturated heterocycles. The molecule has 0 aromatic heterocycles. The van der Waals surface area contributed by atoms with Crippen LogP contribution in [0.25, 0.3) is 0 Å². The Kier molecular flexibility index (Phi) is 8.81. The van der Waals surface area contributed by atoms with Crippen LogP contribution in [0.1, 0.15) is 19.8 Å². The molecule has 1 aromatic rings. The molecule has 1 unspecified atom stereocenters. The number of rotatable bonds is 8. The zero-order valence-corrected chi connectivity index (χ0v) is 17.5. The van der Waals surface area contributed by atoms with Gasteiger partial charge in [-0.25, -0.2) is 16.8 Å². The van der Waals surface area contributed by atoms with Gasteiger partial charge in [0.05, 0.1) is 10.6 Å². The van der Waals surface area contributed by atoms with Crippen molar-refractivity contribution in [2.45, 2.75) is 30.7 Å². The lowest BCUT2D eigenvalue weighted by molar-refractivity contribution is 0.293. The Labute approximate surface area is 162 Å². The molecule has 0 aliphatic carbocycles. The minimum Gasteiger partial charge on any atom is -0.493 e. The van der Waals surface area contributed by atoms with Crippen molar-refractivity contribution in [3.63, 3.8) is 0 Å². The van der Waals surface area contributed by atoms with Crippen LogP contribution >= 0.6 is 12.4 Å². The highest BCUT2D eigenvalue weighted by Crippen LogP contribution is 2.22. The van der Waals surface area contributed by atoms with Gasteiger partial charge in [-0.05, 0) is 44.2 Å². The number of sulfonamides is 1. The van der Waals surface area contributed by atoms with Gasteiger partial charge in [-0.15, -0.1) is 12.4 Å². The minimum atomic E-state index is -3.53. The second kappa shape index (κ2) is 9.89. The summed E-state index contributed by atoms with van der Waals surface area (Å²) in [7, 11) is -4.77. The Morgan fingerprint density at radius 3 is 2.42 bits per heavy atom. The van der Waals surface area contributed by atoms with Crippen molar-refractivity contribution in [2.75, 3.05) is 38.2 Å². The highest BCUT2D eigenvalue weighted by molar-refractivity contribution is 7.91. The third-order valence-corrected chi connectivity index (χ3v) is 7.90. The summed E-state index contributed by atoms with van der Waals surface area (Å²) in [6.45, 7) is 2.63. The number of nitrogens with zero attached hydrogens (tertiary/aromatic N) is 1. The number of sulfone groups is 1. The Balaban J connectivity index is 0.00000338. The zero-order valence-electron chi connectivity index (χ0n) is 15.0. The van der Waals surface area contributed by atoms with Crippen molar-refractivity contribution in [1.82, 2.24) is 9.62 Å². The maximum atomic E-state index is 12.7. The van der Waals surface area contributed by atoms with Gasteiger partial charge in [-0.3, -0.25) is 0 Å². The van der Waals surface area contributed by atoms with Crippen molar-refractivity contribution >= 4 is 32.3 Å². The third kappa shape index (κ3) is 6.09. The maximum absolute atomic E-state index is 12.7. The maximum Gasteiger partial charge on any atom is 0.243 e. The number of ether oxygens (including phenoxy) is 1. The predicted octanol–water partition coefficient (Wildman–Crippen LogP) is 1.29. The summed E-state index contributed by atoms with van der Waals surface area (Å²) in [5.41, 5.74) is 0. The van der Waals surface area contributed by atoms with Crippen molar-refractivity contribution in [2.24, 2.45) is 0 Å². The molecule has 7 nitrogen and oxygen atoms in total. The summed E-state index contributed by atoms with van der Waals surface area (Å²) in [5, 5.41) is 3.13. The topological polar surface area (TPSA) is 92.8 Å². The number of likely N-dealkylation sites (N-methyl/N-ethyl adjacent to an activating group) is 1. The van der Waals surface area contributed by atoms with Crippen LogP contribution in [0.5, 0.6) is 5.75 Å². The van der Waals surface area contributed by atoms with Crippen LogP contribution in [0.3, 0.4) is 0 Å². The average molecular weight is 427 g/mol. The summed E-state index contributed by atoms with van der Waals surface area (Å²) in [6.07, 6.45) is 1.80. The normalized spacial score (nSPS) is 18.9. The highest BCUT2D eigenvalue weighted by atomic mass is 35.5. The van der Waals surface area contributed by atoms with Crippen LogP contribution in [0, 0.1) is 0 Å². The first-order valence-electron chi connectivity index (χ1n) is 8.39. The highest BCUT2D eigenvalue weighted by Gasteiger charge is 2.29. The van der Waals surface area contributed by atoms with Crippen molar-refractivity contribution < 1.29 is 21.6 Å². The van der Waals surface area contributed by atoms with Crippen molar-refractivity contribution in [3.8, 4) is 5.75 Å². The first-order valence-corrected chi connectivity index (χ1v) is 11.7. The van der Waals surface area contributed by atoms with Crippen LogP contribution < -0.4 is 10.1 Å². The lowest BCUT2D eigenvalue weighted by Crippen LogP contribution is -2.46. The van der Waals surface area contributed by atoms with E-state index in [1.165, 1.54) is 16.4 Å². The van der Waals surface area contributed by atoms with Gasteiger partial charge in [0.15, 0.2) is 9.84 Å². The van der Waals surface area contributed by atoms with E-state index in [0.29, 0.717) is 18.8 Å². The fourth-order valence-corrected chi connectivity index (χ4v) is 4.83. The molecular formula is C16H27ClN2O5S2. The molecular weight excluding hydrogens is 400 g/mol. The van der Waals surface area contributed by atoms with E-state index in [-0.39, 0.29) is 41.5 Å².